The van der Waals surface area contributed by atoms with Crippen molar-refractivity contribution in [2.45, 2.75) is 138 Å². The Morgan fingerprint density at radius 2 is 1.16 bits per heavy atom. The first-order valence-electron chi connectivity index (χ1n) is 13.5. The number of ketones is 3. The Hall–Kier alpha value is -1.03. The summed E-state index contributed by atoms with van der Waals surface area (Å²) in [7, 11) is 0. The van der Waals surface area contributed by atoms with Crippen molar-refractivity contribution in [2.75, 3.05) is 0 Å². The van der Waals surface area contributed by atoms with Crippen LogP contribution in [0.5, 0.6) is 0 Å². The summed E-state index contributed by atoms with van der Waals surface area (Å²) in [6, 6.07) is 0. The lowest BCUT2D eigenvalue weighted by Gasteiger charge is -2.23. The van der Waals surface area contributed by atoms with E-state index in [1.54, 1.807) is 6.92 Å². The number of rotatable bonds is 5. The fourth-order valence-corrected chi connectivity index (χ4v) is 4.88. The number of carbonyl (C=O) groups is 3. The van der Waals surface area contributed by atoms with Gasteiger partial charge in [-0.05, 0) is 58.3 Å². The highest BCUT2D eigenvalue weighted by Crippen LogP contribution is 2.27. The molecule has 3 fully saturated rings. The Labute approximate surface area is 198 Å². The van der Waals surface area contributed by atoms with Crippen molar-refractivity contribution in [3.8, 4) is 0 Å². The van der Waals surface area contributed by atoms with Gasteiger partial charge in [0.2, 0.25) is 0 Å². The molecule has 1 N–H and O–H groups in total. The number of hydrogen-bond donors (Lipinski definition) is 1. The Bertz CT molecular complexity index is 506. The van der Waals surface area contributed by atoms with E-state index in [0.717, 1.165) is 51.4 Å². The van der Waals surface area contributed by atoms with E-state index in [2.05, 4.69) is 0 Å². The molecule has 0 saturated heterocycles. The maximum atomic E-state index is 11.5. The van der Waals surface area contributed by atoms with Gasteiger partial charge in [0.05, 0.1) is 6.10 Å². The highest BCUT2D eigenvalue weighted by atomic mass is 16.3. The lowest BCUT2D eigenvalue weighted by Crippen LogP contribution is -2.23. The van der Waals surface area contributed by atoms with Gasteiger partial charge < -0.3 is 5.11 Å². The molecule has 0 aliphatic heterocycles. The maximum absolute atomic E-state index is 11.5. The van der Waals surface area contributed by atoms with E-state index in [1.165, 1.54) is 32.1 Å². The fraction of sp³-hybridized carbons (Fsp3) is 0.893. The normalized spacial score (nSPS) is 23.6. The van der Waals surface area contributed by atoms with E-state index in [4.69, 9.17) is 0 Å². The highest BCUT2D eigenvalue weighted by molar-refractivity contribution is 5.82. The topological polar surface area (TPSA) is 71.4 Å². The summed E-state index contributed by atoms with van der Waals surface area (Å²) in [5.74, 6) is 2.59. The van der Waals surface area contributed by atoms with Crippen molar-refractivity contribution >= 4 is 17.3 Å². The zero-order valence-corrected chi connectivity index (χ0v) is 22.0. The van der Waals surface area contributed by atoms with Gasteiger partial charge in [-0.25, -0.2) is 0 Å². The van der Waals surface area contributed by atoms with Crippen LogP contribution in [0.4, 0.5) is 0 Å². The number of Topliss-reactive ketones (excluding diaryl/α,β-unsaturated/α-hetero) is 3. The van der Waals surface area contributed by atoms with Gasteiger partial charge in [-0.3, -0.25) is 14.4 Å². The third-order valence-corrected chi connectivity index (χ3v) is 7.01. The summed E-state index contributed by atoms with van der Waals surface area (Å²) in [5.41, 5.74) is 0. The molecule has 0 unspecified atom stereocenters. The molecule has 32 heavy (non-hydrogen) atoms. The first kappa shape index (κ1) is 31.0. The van der Waals surface area contributed by atoms with Crippen LogP contribution < -0.4 is 0 Å². The molecule has 0 spiro atoms. The largest absolute Gasteiger partial charge is 0.393 e. The van der Waals surface area contributed by atoms with E-state index in [0.29, 0.717) is 35.6 Å². The second-order valence-electron chi connectivity index (χ2n) is 9.81. The molecule has 0 radical (unpaired) electrons. The number of aliphatic hydroxyl groups is 1. The second kappa shape index (κ2) is 18.4. The van der Waals surface area contributed by atoms with Gasteiger partial charge in [0, 0.05) is 30.1 Å². The van der Waals surface area contributed by atoms with Crippen molar-refractivity contribution in [1.29, 1.82) is 0 Å². The van der Waals surface area contributed by atoms with E-state index in [1.807, 2.05) is 34.6 Å². The summed E-state index contributed by atoms with van der Waals surface area (Å²) in [5, 5.41) is 9.17. The molecule has 188 valence electrons. The zero-order valence-electron chi connectivity index (χ0n) is 22.0. The lowest BCUT2D eigenvalue weighted by molar-refractivity contribution is -0.127. The van der Waals surface area contributed by atoms with Crippen LogP contribution in [0.25, 0.3) is 0 Å². The maximum Gasteiger partial charge on any atom is 0.138 e. The first-order valence-corrected chi connectivity index (χ1v) is 13.5. The molecule has 0 aromatic heterocycles. The van der Waals surface area contributed by atoms with Crippen LogP contribution in [0, 0.1) is 23.7 Å². The van der Waals surface area contributed by atoms with E-state index in [-0.39, 0.29) is 17.9 Å². The highest BCUT2D eigenvalue weighted by Gasteiger charge is 2.24. The molecule has 4 heteroatoms. The van der Waals surface area contributed by atoms with Crippen molar-refractivity contribution < 1.29 is 19.5 Å². The average Bonchev–Trinajstić information content (AvgIpc) is 3.37. The van der Waals surface area contributed by atoms with Crippen molar-refractivity contribution in [1.82, 2.24) is 0 Å². The molecule has 0 aromatic carbocycles. The molecule has 4 nitrogen and oxygen atoms in total. The fourth-order valence-electron chi connectivity index (χ4n) is 4.88. The number of aliphatic hydroxyl groups excluding tert-OH is 1. The number of hydrogen-bond acceptors (Lipinski definition) is 4. The standard InChI is InChI=1S/C10H18O.C9H16O2.C7H12O.C2H6/c1-8(2)10(11)9-6-4-3-5-7-9;1-2-9(11)7-3-5-8(10)6-4-7;1-6(8)7-4-2-3-5-7;1-2/h8-9H,3-7H2,1-2H3;7-8,10H,2-6H2,1H3;7H,2-5H2,1H3;1-2H3. The summed E-state index contributed by atoms with van der Waals surface area (Å²) in [6.07, 6.45) is 14.9. The quantitative estimate of drug-likeness (QED) is 0.483. The minimum Gasteiger partial charge on any atom is -0.393 e. The minimum atomic E-state index is -0.143. The predicted molar refractivity (Wildman–Crippen MR) is 134 cm³/mol. The molecular formula is C28H52O4. The third kappa shape index (κ3) is 12.9. The molecule has 0 atom stereocenters. The molecule has 0 bridgehead atoms. The molecule has 0 amide bonds. The van der Waals surface area contributed by atoms with Crippen LogP contribution >= 0.6 is 0 Å². The smallest absolute Gasteiger partial charge is 0.138 e. The van der Waals surface area contributed by atoms with Crippen molar-refractivity contribution in [3.63, 3.8) is 0 Å². The lowest BCUT2D eigenvalue weighted by atomic mass is 9.83. The SMILES string of the molecule is CC.CC(=O)C1CCCC1.CC(C)C(=O)C1CCCCC1.CCC(=O)C1CCC(O)CC1. The third-order valence-electron chi connectivity index (χ3n) is 7.01. The minimum absolute atomic E-state index is 0.143. The predicted octanol–water partition coefficient (Wildman–Crippen LogP) is 7.10. The van der Waals surface area contributed by atoms with Gasteiger partial charge >= 0.3 is 0 Å². The molecule has 3 aliphatic carbocycles. The zero-order chi connectivity index (χ0) is 24.5. The van der Waals surface area contributed by atoms with Crippen molar-refractivity contribution in [3.05, 3.63) is 0 Å². The average molecular weight is 453 g/mol. The van der Waals surface area contributed by atoms with E-state index >= 15 is 0 Å². The van der Waals surface area contributed by atoms with Gasteiger partial charge in [-0.2, -0.15) is 0 Å². The summed E-state index contributed by atoms with van der Waals surface area (Å²) in [4.78, 5) is 33.3. The summed E-state index contributed by atoms with van der Waals surface area (Å²) in [6.45, 7) is 11.6. The van der Waals surface area contributed by atoms with Crippen LogP contribution in [0.2, 0.25) is 0 Å². The molecule has 0 aromatic rings. The van der Waals surface area contributed by atoms with Gasteiger partial charge in [0.15, 0.2) is 0 Å². The van der Waals surface area contributed by atoms with Crippen LogP contribution in [-0.4, -0.2) is 28.6 Å². The van der Waals surface area contributed by atoms with Gasteiger partial charge in [-0.1, -0.05) is 66.7 Å². The Morgan fingerprint density at radius 3 is 1.53 bits per heavy atom. The van der Waals surface area contributed by atoms with Crippen LogP contribution in [0.15, 0.2) is 0 Å². The monoisotopic (exact) mass is 452 g/mol. The van der Waals surface area contributed by atoms with Gasteiger partial charge in [0.25, 0.3) is 0 Å². The Balaban J connectivity index is 0.000000438. The Morgan fingerprint density at radius 1 is 0.719 bits per heavy atom. The van der Waals surface area contributed by atoms with Crippen molar-refractivity contribution in [2.24, 2.45) is 23.7 Å². The van der Waals surface area contributed by atoms with Crippen LogP contribution in [-0.2, 0) is 14.4 Å². The number of carbonyl (C=O) groups excluding carboxylic acids is 3. The van der Waals surface area contributed by atoms with Gasteiger partial charge in [0.1, 0.15) is 17.3 Å². The molecule has 0 heterocycles. The van der Waals surface area contributed by atoms with Crippen LogP contribution in [0.3, 0.4) is 0 Å². The molecule has 3 rings (SSSR count). The van der Waals surface area contributed by atoms with E-state index < -0.39 is 0 Å². The van der Waals surface area contributed by atoms with E-state index in [9.17, 15) is 19.5 Å². The molecular weight excluding hydrogens is 400 g/mol. The van der Waals surface area contributed by atoms with Gasteiger partial charge in [-0.15, -0.1) is 0 Å². The first-order chi connectivity index (χ1) is 15.3. The molecule has 3 saturated carbocycles. The summed E-state index contributed by atoms with van der Waals surface area (Å²) >= 11 is 0. The summed E-state index contributed by atoms with van der Waals surface area (Å²) < 4.78 is 0. The van der Waals surface area contributed by atoms with Crippen LogP contribution in [0.1, 0.15) is 131 Å². The molecule has 3 aliphatic rings. The Kier molecular flexibility index (Phi) is 17.8. The second-order valence-corrected chi connectivity index (χ2v) is 9.81.